The lowest BCUT2D eigenvalue weighted by atomic mass is 9.45. The number of fused-ring (bicyclic) bond motifs is 2. The molecule has 4 aliphatic carbocycles. The molecular weight excluding hydrogens is 226 g/mol. The topological polar surface area (TPSA) is 49.3 Å². The third kappa shape index (κ3) is 1.21. The second-order valence-electron chi connectivity index (χ2n) is 7.40. The summed E-state index contributed by atoms with van der Waals surface area (Å²) in [5.41, 5.74) is 0.921. The monoisotopic (exact) mass is 249 g/mol. The third-order valence-electron chi connectivity index (χ3n) is 6.68. The van der Waals surface area contributed by atoms with Crippen LogP contribution in [0.2, 0.25) is 0 Å². The minimum Gasteiger partial charge on any atom is -0.395 e. The van der Waals surface area contributed by atoms with Crippen LogP contribution < -0.4 is 5.32 Å². The predicted molar refractivity (Wildman–Crippen MR) is 67.8 cm³/mol. The van der Waals surface area contributed by atoms with Crippen LogP contribution in [-0.4, -0.2) is 24.2 Å². The molecule has 4 rings (SSSR count). The van der Waals surface area contributed by atoms with Crippen molar-refractivity contribution < 1.29 is 9.90 Å². The van der Waals surface area contributed by atoms with Crippen molar-refractivity contribution in [3.8, 4) is 0 Å². The number of nitrogens with one attached hydrogen (secondary N) is 1. The molecule has 3 bridgehead atoms. The minimum absolute atomic E-state index is 0.0528. The fraction of sp³-hybridized carbons (Fsp3) is 0.933. The van der Waals surface area contributed by atoms with Gasteiger partial charge in [0.15, 0.2) is 0 Å². The zero-order valence-electron chi connectivity index (χ0n) is 11.0. The first-order valence-corrected chi connectivity index (χ1v) is 7.55. The molecule has 3 nitrogen and oxygen atoms in total. The quantitative estimate of drug-likeness (QED) is 0.796. The summed E-state index contributed by atoms with van der Waals surface area (Å²) in [6, 6.07) is 0. The molecule has 3 heteroatoms. The largest absolute Gasteiger partial charge is 0.395 e. The van der Waals surface area contributed by atoms with Gasteiger partial charge in [-0.15, -0.1) is 0 Å². The van der Waals surface area contributed by atoms with Crippen molar-refractivity contribution in [1.82, 2.24) is 5.32 Å². The standard InChI is InChI=1S/C15H23NO2/c17-2-1-16-13(18)9-14-5-11-3-10-4-12(8-14)15(14,6-10)7-11/h10-12,17H,1-9H2,(H,16,18). The number of aliphatic hydroxyl groups is 1. The first-order valence-electron chi connectivity index (χ1n) is 7.55. The van der Waals surface area contributed by atoms with Crippen LogP contribution in [0.5, 0.6) is 0 Å². The summed E-state index contributed by atoms with van der Waals surface area (Å²) in [6.07, 6.45) is 9.09. The third-order valence-corrected chi connectivity index (χ3v) is 6.68. The molecule has 0 aromatic rings. The Kier molecular flexibility index (Phi) is 2.19. The van der Waals surface area contributed by atoms with Crippen LogP contribution in [0.3, 0.4) is 0 Å². The van der Waals surface area contributed by atoms with E-state index >= 15 is 0 Å². The smallest absolute Gasteiger partial charge is 0.220 e. The molecule has 0 aliphatic heterocycles. The van der Waals surface area contributed by atoms with E-state index in [1.807, 2.05) is 0 Å². The molecule has 4 saturated carbocycles. The van der Waals surface area contributed by atoms with E-state index in [1.165, 1.54) is 38.5 Å². The highest BCUT2D eigenvalue weighted by Gasteiger charge is 2.74. The highest BCUT2D eigenvalue weighted by atomic mass is 16.3. The zero-order chi connectivity index (χ0) is 12.4. The molecule has 5 atom stereocenters. The van der Waals surface area contributed by atoms with E-state index in [4.69, 9.17) is 5.11 Å². The minimum atomic E-state index is 0.0528. The average Bonchev–Trinajstić information content (AvgIpc) is 2.64. The van der Waals surface area contributed by atoms with Crippen molar-refractivity contribution in [1.29, 1.82) is 0 Å². The Morgan fingerprint density at radius 3 is 2.83 bits per heavy atom. The van der Waals surface area contributed by atoms with E-state index in [2.05, 4.69) is 5.32 Å². The number of hydrogen-bond acceptors (Lipinski definition) is 2. The summed E-state index contributed by atoms with van der Waals surface area (Å²) in [4.78, 5) is 12.0. The number of aliphatic hydroxyl groups excluding tert-OH is 1. The maximum atomic E-state index is 12.0. The molecule has 0 saturated heterocycles. The number of carbonyl (C=O) groups is 1. The fourth-order valence-corrected chi connectivity index (χ4v) is 6.46. The van der Waals surface area contributed by atoms with E-state index in [1.54, 1.807) is 0 Å². The SMILES string of the molecule is O=C(CC12CC3CC4CC(C1)C2(C4)C3)NCCO. The zero-order valence-corrected chi connectivity index (χ0v) is 11.0. The molecule has 100 valence electrons. The van der Waals surface area contributed by atoms with E-state index in [0.717, 1.165) is 24.2 Å². The van der Waals surface area contributed by atoms with Crippen LogP contribution in [0, 0.1) is 28.6 Å². The van der Waals surface area contributed by atoms with Crippen LogP contribution in [0.15, 0.2) is 0 Å². The lowest BCUT2D eigenvalue weighted by Crippen LogP contribution is -2.54. The molecule has 18 heavy (non-hydrogen) atoms. The van der Waals surface area contributed by atoms with Gasteiger partial charge in [-0.1, -0.05) is 0 Å². The molecule has 2 N–H and O–H groups in total. The molecule has 1 spiro atoms. The van der Waals surface area contributed by atoms with Crippen LogP contribution >= 0.6 is 0 Å². The maximum absolute atomic E-state index is 12.0. The molecular formula is C15H23NO2. The average molecular weight is 249 g/mol. The van der Waals surface area contributed by atoms with Crippen LogP contribution in [0.25, 0.3) is 0 Å². The summed E-state index contributed by atoms with van der Waals surface area (Å²) in [7, 11) is 0. The van der Waals surface area contributed by atoms with E-state index in [9.17, 15) is 4.79 Å². The Morgan fingerprint density at radius 2 is 2.00 bits per heavy atom. The molecule has 4 aliphatic rings. The van der Waals surface area contributed by atoms with Crippen molar-refractivity contribution in [2.75, 3.05) is 13.2 Å². The summed E-state index contributed by atoms with van der Waals surface area (Å²) in [5.74, 6) is 3.02. The molecule has 1 amide bonds. The van der Waals surface area contributed by atoms with Crippen LogP contribution in [0.4, 0.5) is 0 Å². The highest BCUT2D eigenvalue weighted by Crippen LogP contribution is 2.82. The summed E-state index contributed by atoms with van der Waals surface area (Å²) >= 11 is 0. The van der Waals surface area contributed by atoms with Crippen LogP contribution in [0.1, 0.15) is 44.9 Å². The van der Waals surface area contributed by atoms with Crippen molar-refractivity contribution >= 4 is 5.91 Å². The van der Waals surface area contributed by atoms with Gasteiger partial charge in [0.05, 0.1) is 6.61 Å². The van der Waals surface area contributed by atoms with Crippen LogP contribution in [-0.2, 0) is 4.79 Å². The molecule has 0 radical (unpaired) electrons. The van der Waals surface area contributed by atoms with E-state index < -0.39 is 0 Å². The normalized spacial score (nSPS) is 51.1. The number of amides is 1. The van der Waals surface area contributed by atoms with Gasteiger partial charge in [0.2, 0.25) is 5.91 Å². The molecule has 5 unspecified atom stereocenters. The Morgan fingerprint density at radius 1 is 1.17 bits per heavy atom. The molecule has 0 aromatic carbocycles. The van der Waals surface area contributed by atoms with Gasteiger partial charge in [-0.25, -0.2) is 0 Å². The molecule has 0 aromatic heterocycles. The number of carbonyl (C=O) groups excluding carboxylic acids is 1. The Labute approximate surface area is 108 Å². The first kappa shape index (κ1) is 11.3. The van der Waals surface area contributed by atoms with Gasteiger partial charge in [-0.3, -0.25) is 4.79 Å². The Hall–Kier alpha value is -0.570. The van der Waals surface area contributed by atoms with Gasteiger partial charge in [0.25, 0.3) is 0 Å². The van der Waals surface area contributed by atoms with E-state index in [0.29, 0.717) is 17.4 Å². The fourth-order valence-electron chi connectivity index (χ4n) is 6.46. The lowest BCUT2D eigenvalue weighted by Gasteiger charge is -2.59. The molecule has 4 fully saturated rings. The van der Waals surface area contributed by atoms with Crippen molar-refractivity contribution in [2.45, 2.75) is 44.9 Å². The number of hydrogen-bond donors (Lipinski definition) is 2. The summed E-state index contributed by atoms with van der Waals surface area (Å²) in [6.45, 7) is 0.467. The Balaban J connectivity index is 1.53. The maximum Gasteiger partial charge on any atom is 0.220 e. The van der Waals surface area contributed by atoms with Crippen molar-refractivity contribution in [3.05, 3.63) is 0 Å². The molecule has 0 heterocycles. The first-order chi connectivity index (χ1) is 8.67. The van der Waals surface area contributed by atoms with Gasteiger partial charge in [0, 0.05) is 13.0 Å². The van der Waals surface area contributed by atoms with Gasteiger partial charge in [0.1, 0.15) is 0 Å². The van der Waals surface area contributed by atoms with Gasteiger partial charge < -0.3 is 10.4 Å². The Bertz CT molecular complexity index is 390. The highest BCUT2D eigenvalue weighted by molar-refractivity contribution is 5.77. The van der Waals surface area contributed by atoms with E-state index in [-0.39, 0.29) is 12.5 Å². The van der Waals surface area contributed by atoms with Crippen molar-refractivity contribution in [3.63, 3.8) is 0 Å². The predicted octanol–water partition coefficient (Wildman–Crippen LogP) is 1.70. The number of rotatable bonds is 4. The second-order valence-corrected chi connectivity index (χ2v) is 7.40. The van der Waals surface area contributed by atoms with Gasteiger partial charge in [-0.05, 0) is 67.1 Å². The summed E-state index contributed by atoms with van der Waals surface area (Å²) < 4.78 is 0. The lowest BCUT2D eigenvalue weighted by molar-refractivity contribution is -0.140. The summed E-state index contributed by atoms with van der Waals surface area (Å²) in [5, 5.41) is 11.6. The van der Waals surface area contributed by atoms with Crippen molar-refractivity contribution in [2.24, 2.45) is 28.6 Å². The second kappa shape index (κ2) is 3.50. The van der Waals surface area contributed by atoms with Gasteiger partial charge in [-0.2, -0.15) is 0 Å². The van der Waals surface area contributed by atoms with Gasteiger partial charge >= 0.3 is 0 Å².